The first-order valence-corrected chi connectivity index (χ1v) is 7.71. The number of hydrogen-bond donors (Lipinski definition) is 1. The van der Waals surface area contributed by atoms with Crippen LogP contribution in [0.3, 0.4) is 0 Å². The van der Waals surface area contributed by atoms with Gasteiger partial charge in [-0.2, -0.15) is 0 Å². The third kappa shape index (κ3) is 4.05. The predicted molar refractivity (Wildman–Crippen MR) is 84.7 cm³/mol. The zero-order chi connectivity index (χ0) is 14.5. The lowest BCUT2D eigenvalue weighted by Crippen LogP contribution is -2.04. The Morgan fingerprint density at radius 3 is 2.50 bits per heavy atom. The molecule has 0 saturated heterocycles. The summed E-state index contributed by atoms with van der Waals surface area (Å²) in [6, 6.07) is 6.31. The molecule has 2 aromatic rings. The van der Waals surface area contributed by atoms with Crippen molar-refractivity contribution in [1.29, 1.82) is 0 Å². The number of nitrogens with zero attached hydrogens (tertiary/aromatic N) is 1. The Bertz CT molecular complexity index is 558. The normalized spacial score (nSPS) is 10.8. The van der Waals surface area contributed by atoms with E-state index in [1.807, 2.05) is 7.05 Å². The van der Waals surface area contributed by atoms with Gasteiger partial charge in [-0.05, 0) is 51.1 Å². The molecule has 4 heteroatoms. The molecule has 1 heterocycles. The molecule has 0 amide bonds. The van der Waals surface area contributed by atoms with E-state index in [0.29, 0.717) is 6.61 Å². The average Bonchev–Trinajstić information content (AvgIpc) is 2.69. The van der Waals surface area contributed by atoms with Gasteiger partial charge in [0, 0.05) is 17.8 Å². The highest BCUT2D eigenvalue weighted by Crippen LogP contribution is 2.20. The highest BCUT2D eigenvalue weighted by atomic mass is 32.1. The zero-order valence-corrected chi connectivity index (χ0v) is 13.4. The van der Waals surface area contributed by atoms with Gasteiger partial charge in [0.1, 0.15) is 5.75 Å². The van der Waals surface area contributed by atoms with Gasteiger partial charge in [-0.25, -0.2) is 4.98 Å². The van der Waals surface area contributed by atoms with E-state index in [-0.39, 0.29) is 0 Å². The summed E-state index contributed by atoms with van der Waals surface area (Å²) in [5.74, 6) is 0.950. The predicted octanol–water partition coefficient (Wildman–Crippen LogP) is 3.41. The zero-order valence-electron chi connectivity index (χ0n) is 12.6. The summed E-state index contributed by atoms with van der Waals surface area (Å²) in [4.78, 5) is 5.91. The van der Waals surface area contributed by atoms with Crippen molar-refractivity contribution in [2.45, 2.75) is 33.7 Å². The summed E-state index contributed by atoms with van der Waals surface area (Å²) in [6.45, 7) is 7.82. The van der Waals surface area contributed by atoms with Gasteiger partial charge < -0.3 is 10.1 Å². The maximum atomic E-state index is 5.83. The molecule has 1 aromatic carbocycles. The Labute approximate surface area is 125 Å². The second-order valence-corrected chi connectivity index (χ2v) is 6.24. The van der Waals surface area contributed by atoms with Crippen molar-refractivity contribution in [3.8, 4) is 5.75 Å². The van der Waals surface area contributed by atoms with Gasteiger partial charge in [-0.3, -0.25) is 0 Å². The van der Waals surface area contributed by atoms with E-state index in [0.717, 1.165) is 29.4 Å². The van der Waals surface area contributed by atoms with Crippen molar-refractivity contribution in [2.24, 2.45) is 0 Å². The number of hydrogen-bond acceptors (Lipinski definition) is 4. The standard InChI is InChI=1S/C16H22N2OS/c1-11-7-12(2)9-14(8-11)19-6-5-16-18-13(3)15(20-16)10-17-4/h7-9,17H,5-6,10H2,1-4H3. The van der Waals surface area contributed by atoms with Crippen LogP contribution in [0.15, 0.2) is 18.2 Å². The number of nitrogens with one attached hydrogen (secondary N) is 1. The summed E-state index contributed by atoms with van der Waals surface area (Å²) < 4.78 is 5.83. The molecule has 2 rings (SSSR count). The van der Waals surface area contributed by atoms with E-state index in [1.165, 1.54) is 16.0 Å². The summed E-state index contributed by atoms with van der Waals surface area (Å²) in [5, 5.41) is 4.32. The van der Waals surface area contributed by atoms with E-state index >= 15 is 0 Å². The minimum atomic E-state index is 0.675. The molecule has 0 radical (unpaired) electrons. The van der Waals surface area contributed by atoms with Crippen LogP contribution in [-0.4, -0.2) is 18.6 Å². The fraction of sp³-hybridized carbons (Fsp3) is 0.438. The maximum absolute atomic E-state index is 5.83. The van der Waals surface area contributed by atoms with E-state index < -0.39 is 0 Å². The van der Waals surface area contributed by atoms with Crippen LogP contribution < -0.4 is 10.1 Å². The lowest BCUT2D eigenvalue weighted by molar-refractivity contribution is 0.321. The Kier molecular flexibility index (Phi) is 5.15. The second-order valence-electron chi connectivity index (χ2n) is 5.07. The van der Waals surface area contributed by atoms with Crippen LogP contribution in [0.4, 0.5) is 0 Å². The van der Waals surface area contributed by atoms with E-state index in [1.54, 1.807) is 11.3 Å². The molecule has 0 bridgehead atoms. The largest absolute Gasteiger partial charge is 0.493 e. The molecule has 3 nitrogen and oxygen atoms in total. The van der Waals surface area contributed by atoms with E-state index in [2.05, 4.69) is 49.3 Å². The van der Waals surface area contributed by atoms with Crippen molar-refractivity contribution in [2.75, 3.05) is 13.7 Å². The third-order valence-corrected chi connectivity index (χ3v) is 4.27. The lowest BCUT2D eigenvalue weighted by Gasteiger charge is -2.07. The molecule has 108 valence electrons. The molecule has 1 N–H and O–H groups in total. The number of aryl methyl sites for hydroxylation is 3. The van der Waals surface area contributed by atoms with Crippen LogP contribution in [0.5, 0.6) is 5.75 Å². The van der Waals surface area contributed by atoms with E-state index in [4.69, 9.17) is 4.74 Å². The van der Waals surface area contributed by atoms with Crippen LogP contribution in [0.25, 0.3) is 0 Å². The number of rotatable bonds is 6. The Hall–Kier alpha value is -1.39. The Balaban J connectivity index is 1.90. The quantitative estimate of drug-likeness (QED) is 0.885. The van der Waals surface area contributed by atoms with Gasteiger partial charge in [0.2, 0.25) is 0 Å². The number of thiazole rings is 1. The van der Waals surface area contributed by atoms with Gasteiger partial charge in [0.15, 0.2) is 0 Å². The monoisotopic (exact) mass is 290 g/mol. The van der Waals surface area contributed by atoms with Gasteiger partial charge in [-0.1, -0.05) is 6.07 Å². The van der Waals surface area contributed by atoms with Crippen LogP contribution in [0, 0.1) is 20.8 Å². The molecular weight excluding hydrogens is 268 g/mol. The van der Waals surface area contributed by atoms with Crippen molar-refractivity contribution >= 4 is 11.3 Å². The molecule has 0 fully saturated rings. The van der Waals surface area contributed by atoms with Gasteiger partial charge in [0.05, 0.1) is 17.3 Å². The molecular formula is C16H22N2OS. The van der Waals surface area contributed by atoms with Gasteiger partial charge in [-0.15, -0.1) is 11.3 Å². The van der Waals surface area contributed by atoms with Crippen molar-refractivity contribution in [3.05, 3.63) is 44.9 Å². The third-order valence-electron chi connectivity index (χ3n) is 3.05. The van der Waals surface area contributed by atoms with E-state index in [9.17, 15) is 0 Å². The first-order chi connectivity index (χ1) is 9.58. The van der Waals surface area contributed by atoms with Crippen LogP contribution >= 0.6 is 11.3 Å². The molecule has 0 aliphatic rings. The van der Waals surface area contributed by atoms with Crippen molar-refractivity contribution in [1.82, 2.24) is 10.3 Å². The van der Waals surface area contributed by atoms with Crippen LogP contribution in [0.2, 0.25) is 0 Å². The molecule has 0 unspecified atom stereocenters. The van der Waals surface area contributed by atoms with Crippen LogP contribution in [0.1, 0.15) is 26.7 Å². The number of ether oxygens (including phenoxy) is 1. The molecule has 20 heavy (non-hydrogen) atoms. The number of benzene rings is 1. The summed E-state index contributed by atoms with van der Waals surface area (Å²) in [5.41, 5.74) is 3.61. The molecule has 0 atom stereocenters. The maximum Gasteiger partial charge on any atom is 0.119 e. The molecule has 0 saturated carbocycles. The second kappa shape index (κ2) is 6.86. The SMILES string of the molecule is CNCc1sc(CCOc2cc(C)cc(C)c2)nc1C. The smallest absolute Gasteiger partial charge is 0.119 e. The van der Waals surface area contributed by atoms with Crippen molar-refractivity contribution < 1.29 is 4.74 Å². The molecule has 1 aromatic heterocycles. The fourth-order valence-electron chi connectivity index (χ4n) is 2.19. The van der Waals surface area contributed by atoms with Gasteiger partial charge in [0.25, 0.3) is 0 Å². The summed E-state index contributed by atoms with van der Waals surface area (Å²) in [7, 11) is 1.96. The van der Waals surface area contributed by atoms with Crippen LogP contribution in [-0.2, 0) is 13.0 Å². The first-order valence-electron chi connectivity index (χ1n) is 6.89. The molecule has 0 aliphatic heterocycles. The lowest BCUT2D eigenvalue weighted by atomic mass is 10.1. The average molecular weight is 290 g/mol. The minimum Gasteiger partial charge on any atom is -0.493 e. The highest BCUT2D eigenvalue weighted by molar-refractivity contribution is 7.11. The summed E-state index contributed by atoms with van der Waals surface area (Å²) >= 11 is 1.77. The fourth-order valence-corrected chi connectivity index (χ4v) is 3.25. The Morgan fingerprint density at radius 2 is 1.85 bits per heavy atom. The minimum absolute atomic E-state index is 0.675. The number of aromatic nitrogens is 1. The molecule has 0 spiro atoms. The first kappa shape index (κ1) is 15.0. The van der Waals surface area contributed by atoms with Gasteiger partial charge >= 0.3 is 0 Å². The summed E-state index contributed by atoms with van der Waals surface area (Å²) in [6.07, 6.45) is 0.863. The van der Waals surface area contributed by atoms with Crippen molar-refractivity contribution in [3.63, 3.8) is 0 Å². The highest BCUT2D eigenvalue weighted by Gasteiger charge is 2.07. The molecule has 0 aliphatic carbocycles. The topological polar surface area (TPSA) is 34.1 Å². The Morgan fingerprint density at radius 1 is 1.15 bits per heavy atom.